The Morgan fingerprint density at radius 2 is 2.00 bits per heavy atom. The quantitative estimate of drug-likeness (QED) is 0.804. The summed E-state index contributed by atoms with van der Waals surface area (Å²) in [6.07, 6.45) is 1.66. The van der Waals surface area contributed by atoms with Gasteiger partial charge in [-0.15, -0.1) is 0 Å². The molecule has 2 aromatic rings. The Balaban J connectivity index is 1.62. The zero-order valence-electron chi connectivity index (χ0n) is 15.9. The average Bonchev–Trinajstić information content (AvgIpc) is 3.01. The van der Waals surface area contributed by atoms with Gasteiger partial charge >= 0.3 is 0 Å². The van der Waals surface area contributed by atoms with E-state index in [4.69, 9.17) is 4.98 Å². The van der Waals surface area contributed by atoms with E-state index in [-0.39, 0.29) is 17.5 Å². The predicted molar refractivity (Wildman–Crippen MR) is 108 cm³/mol. The van der Waals surface area contributed by atoms with Crippen molar-refractivity contribution in [3.8, 4) is 0 Å². The van der Waals surface area contributed by atoms with Crippen LogP contribution in [0.2, 0.25) is 0 Å². The van der Waals surface area contributed by atoms with Crippen LogP contribution in [0.3, 0.4) is 0 Å². The Morgan fingerprint density at radius 1 is 1.22 bits per heavy atom. The minimum absolute atomic E-state index is 0.0308. The number of rotatable bonds is 4. The van der Waals surface area contributed by atoms with E-state index in [0.717, 1.165) is 31.0 Å². The van der Waals surface area contributed by atoms with Crippen molar-refractivity contribution in [3.63, 3.8) is 0 Å². The predicted octanol–water partition coefficient (Wildman–Crippen LogP) is 2.36. The number of benzene rings is 1. The molecule has 144 valence electrons. The molecule has 1 aromatic heterocycles. The molecule has 6 nitrogen and oxygen atoms in total. The summed E-state index contributed by atoms with van der Waals surface area (Å²) < 4.78 is 23.8. The highest BCUT2D eigenvalue weighted by Crippen LogP contribution is 2.27. The van der Waals surface area contributed by atoms with Crippen molar-refractivity contribution >= 4 is 21.6 Å². The molecule has 0 amide bonds. The third-order valence-electron chi connectivity index (χ3n) is 5.53. The van der Waals surface area contributed by atoms with E-state index in [1.807, 2.05) is 19.9 Å². The van der Waals surface area contributed by atoms with E-state index < -0.39 is 9.84 Å². The summed E-state index contributed by atoms with van der Waals surface area (Å²) in [5.74, 6) is 2.03. The van der Waals surface area contributed by atoms with E-state index in [0.29, 0.717) is 18.9 Å². The Kier molecular flexibility index (Phi) is 4.80. The molecule has 1 atom stereocenters. The van der Waals surface area contributed by atoms with E-state index in [1.54, 1.807) is 0 Å². The molecule has 0 saturated carbocycles. The smallest absolute Gasteiger partial charge is 0.227 e. The molecule has 4 rings (SSSR count). The van der Waals surface area contributed by atoms with Crippen LogP contribution >= 0.6 is 0 Å². The molecule has 1 aromatic carbocycles. The first kappa shape index (κ1) is 18.2. The molecule has 7 heteroatoms. The van der Waals surface area contributed by atoms with Gasteiger partial charge in [-0.3, -0.25) is 0 Å². The highest BCUT2D eigenvalue weighted by molar-refractivity contribution is 7.91. The molecule has 0 spiro atoms. The zero-order chi connectivity index (χ0) is 19.0. The molecule has 0 bridgehead atoms. The maximum absolute atomic E-state index is 11.9. The topological polar surface area (TPSA) is 66.4 Å². The molecule has 1 unspecified atom stereocenters. The highest BCUT2D eigenvalue weighted by Gasteiger charge is 2.33. The van der Waals surface area contributed by atoms with Crippen molar-refractivity contribution in [2.24, 2.45) is 0 Å². The summed E-state index contributed by atoms with van der Waals surface area (Å²) in [5, 5.41) is 0. The average molecular weight is 387 g/mol. The standard InChI is InChI=1S/C20H26N4O2S/c1-3-24(18-9-11-27(25,26)14-18)20-21-15(2)12-19(22-20)23-10-8-16-6-4-5-7-17(16)13-23/h4-7,12,18H,3,8-11,13-14H2,1-2H3. The maximum atomic E-state index is 11.9. The number of aryl methyl sites for hydroxylation is 1. The first-order valence-corrected chi connectivity index (χ1v) is 11.4. The Bertz CT molecular complexity index is 945. The molecule has 1 fully saturated rings. The van der Waals surface area contributed by atoms with E-state index in [2.05, 4.69) is 39.0 Å². The molecule has 0 aliphatic carbocycles. The number of aromatic nitrogens is 2. The van der Waals surface area contributed by atoms with Crippen molar-refractivity contribution in [2.75, 3.05) is 34.4 Å². The molecule has 2 aliphatic heterocycles. The van der Waals surface area contributed by atoms with Crippen LogP contribution in [-0.4, -0.2) is 49.0 Å². The second kappa shape index (κ2) is 7.11. The van der Waals surface area contributed by atoms with Crippen LogP contribution < -0.4 is 9.80 Å². The third-order valence-corrected chi connectivity index (χ3v) is 7.28. The Morgan fingerprint density at radius 3 is 2.70 bits per heavy atom. The lowest BCUT2D eigenvalue weighted by atomic mass is 10.00. The number of anilines is 2. The van der Waals surface area contributed by atoms with Gasteiger partial charge < -0.3 is 9.80 Å². The normalized spacial score (nSPS) is 21.1. The number of sulfone groups is 1. The van der Waals surface area contributed by atoms with Gasteiger partial charge in [0.15, 0.2) is 9.84 Å². The fourth-order valence-electron chi connectivity index (χ4n) is 4.10. The summed E-state index contributed by atoms with van der Waals surface area (Å²) >= 11 is 0. The van der Waals surface area contributed by atoms with Gasteiger partial charge in [0.05, 0.1) is 11.5 Å². The summed E-state index contributed by atoms with van der Waals surface area (Å²) in [7, 11) is -2.94. The summed E-state index contributed by atoms with van der Waals surface area (Å²) in [4.78, 5) is 13.8. The fourth-order valence-corrected chi connectivity index (χ4v) is 5.83. The van der Waals surface area contributed by atoms with Crippen molar-refractivity contribution in [2.45, 2.75) is 39.3 Å². The number of hydrogen-bond donors (Lipinski definition) is 0. The monoisotopic (exact) mass is 386 g/mol. The molecule has 1 saturated heterocycles. The van der Waals surface area contributed by atoms with Gasteiger partial charge in [-0.25, -0.2) is 13.4 Å². The molecular weight excluding hydrogens is 360 g/mol. The van der Waals surface area contributed by atoms with Crippen molar-refractivity contribution < 1.29 is 8.42 Å². The molecule has 0 N–H and O–H groups in total. The van der Waals surface area contributed by atoms with Gasteiger partial charge in [0.1, 0.15) is 5.82 Å². The Hall–Kier alpha value is -2.15. The molecule has 27 heavy (non-hydrogen) atoms. The first-order valence-electron chi connectivity index (χ1n) is 9.59. The van der Waals surface area contributed by atoms with Gasteiger partial charge in [0, 0.05) is 37.4 Å². The summed E-state index contributed by atoms with van der Waals surface area (Å²) in [6, 6.07) is 10.5. The first-order chi connectivity index (χ1) is 12.9. The van der Waals surface area contributed by atoms with E-state index >= 15 is 0 Å². The molecular formula is C20H26N4O2S. The van der Waals surface area contributed by atoms with Crippen LogP contribution in [0.1, 0.15) is 30.2 Å². The molecule has 2 aliphatic rings. The van der Waals surface area contributed by atoms with Crippen molar-refractivity contribution in [1.82, 2.24) is 9.97 Å². The molecule has 3 heterocycles. The zero-order valence-corrected chi connectivity index (χ0v) is 16.7. The van der Waals surface area contributed by atoms with Crippen molar-refractivity contribution in [3.05, 3.63) is 47.2 Å². The van der Waals surface area contributed by atoms with Gasteiger partial charge in [-0.1, -0.05) is 24.3 Å². The SMILES string of the molecule is CCN(c1nc(C)cc(N2CCc3ccccc3C2)n1)C1CCS(=O)(=O)C1. The maximum Gasteiger partial charge on any atom is 0.227 e. The minimum Gasteiger partial charge on any atom is -0.352 e. The number of nitrogens with zero attached hydrogens (tertiary/aromatic N) is 4. The van der Waals surface area contributed by atoms with Gasteiger partial charge in [0.25, 0.3) is 0 Å². The lowest BCUT2D eigenvalue weighted by Gasteiger charge is -2.32. The number of hydrogen-bond acceptors (Lipinski definition) is 6. The van der Waals surface area contributed by atoms with Crippen LogP contribution in [0.4, 0.5) is 11.8 Å². The van der Waals surface area contributed by atoms with Crippen LogP contribution in [-0.2, 0) is 22.8 Å². The third kappa shape index (κ3) is 3.78. The summed E-state index contributed by atoms with van der Waals surface area (Å²) in [5.41, 5.74) is 3.66. The molecule has 0 radical (unpaired) electrons. The fraction of sp³-hybridized carbons (Fsp3) is 0.500. The number of fused-ring (bicyclic) bond motifs is 1. The second-order valence-corrected chi connectivity index (χ2v) is 9.68. The van der Waals surface area contributed by atoms with Crippen LogP contribution in [0.25, 0.3) is 0 Å². The van der Waals surface area contributed by atoms with Crippen LogP contribution in [0.5, 0.6) is 0 Å². The van der Waals surface area contributed by atoms with E-state index in [1.165, 1.54) is 11.1 Å². The minimum atomic E-state index is -2.94. The lowest BCUT2D eigenvalue weighted by molar-refractivity contribution is 0.599. The van der Waals surface area contributed by atoms with Crippen molar-refractivity contribution in [1.29, 1.82) is 0 Å². The van der Waals surface area contributed by atoms with E-state index in [9.17, 15) is 8.42 Å². The van der Waals surface area contributed by atoms with Gasteiger partial charge in [-0.2, -0.15) is 4.98 Å². The largest absolute Gasteiger partial charge is 0.352 e. The van der Waals surface area contributed by atoms with Gasteiger partial charge in [-0.05, 0) is 37.8 Å². The van der Waals surface area contributed by atoms with Crippen LogP contribution in [0, 0.1) is 6.92 Å². The second-order valence-electron chi connectivity index (χ2n) is 7.45. The highest BCUT2D eigenvalue weighted by atomic mass is 32.2. The summed E-state index contributed by atoms with van der Waals surface area (Å²) in [6.45, 7) is 6.48. The lowest BCUT2D eigenvalue weighted by Crippen LogP contribution is -2.38. The van der Waals surface area contributed by atoms with Gasteiger partial charge in [0.2, 0.25) is 5.95 Å². The Labute approximate surface area is 161 Å². The van der Waals surface area contributed by atoms with Crippen LogP contribution in [0.15, 0.2) is 30.3 Å².